The number of carbonyl (C=O) groups is 1. The SMILES string of the molecule is NC(=O)c1cc(C(F)(F)F)ccc1NS(=O)(=O)c1ccc(F)cc1. The average Bonchev–Trinajstić information content (AvgIpc) is 2.46. The summed E-state index contributed by atoms with van der Waals surface area (Å²) in [5, 5.41) is 0. The number of carbonyl (C=O) groups excluding carboxylic acids is 1. The maximum atomic E-state index is 12.8. The number of primary amides is 1. The standard InChI is InChI=1S/C14H10F4N2O3S/c15-9-2-4-10(5-3-9)24(22,23)20-12-6-1-8(14(16,17)18)7-11(12)13(19)21/h1-7,20H,(H2,19,21). The highest BCUT2D eigenvalue weighted by Crippen LogP contribution is 2.32. The molecule has 10 heteroatoms. The Bertz CT molecular complexity index is 878. The molecular weight excluding hydrogens is 352 g/mol. The Kier molecular flexibility index (Phi) is 4.52. The molecule has 2 aromatic carbocycles. The van der Waals surface area contributed by atoms with Crippen molar-refractivity contribution in [2.45, 2.75) is 11.1 Å². The van der Waals surface area contributed by atoms with E-state index in [2.05, 4.69) is 0 Å². The number of amides is 1. The molecule has 0 atom stereocenters. The van der Waals surface area contributed by atoms with Gasteiger partial charge in [-0.3, -0.25) is 9.52 Å². The van der Waals surface area contributed by atoms with E-state index in [1.54, 1.807) is 0 Å². The number of nitrogens with one attached hydrogen (secondary N) is 1. The summed E-state index contributed by atoms with van der Waals surface area (Å²) >= 11 is 0. The van der Waals surface area contributed by atoms with E-state index >= 15 is 0 Å². The first kappa shape index (κ1) is 17.7. The summed E-state index contributed by atoms with van der Waals surface area (Å²) in [5.41, 5.74) is 2.80. The van der Waals surface area contributed by atoms with Crippen LogP contribution in [-0.2, 0) is 16.2 Å². The number of halogens is 4. The maximum Gasteiger partial charge on any atom is 0.416 e. The van der Waals surface area contributed by atoms with Crippen molar-refractivity contribution in [3.8, 4) is 0 Å². The molecule has 2 rings (SSSR count). The van der Waals surface area contributed by atoms with Gasteiger partial charge in [0.1, 0.15) is 5.82 Å². The molecule has 1 amide bonds. The van der Waals surface area contributed by atoms with Gasteiger partial charge < -0.3 is 5.73 Å². The zero-order chi connectivity index (χ0) is 18.1. The van der Waals surface area contributed by atoms with Crippen molar-refractivity contribution >= 4 is 21.6 Å². The number of anilines is 1. The number of hydrogen-bond acceptors (Lipinski definition) is 3. The van der Waals surface area contributed by atoms with Gasteiger partial charge in [-0.25, -0.2) is 12.8 Å². The molecule has 128 valence electrons. The van der Waals surface area contributed by atoms with Crippen molar-refractivity contribution < 1.29 is 30.8 Å². The van der Waals surface area contributed by atoms with E-state index in [-0.39, 0.29) is 4.90 Å². The van der Waals surface area contributed by atoms with Crippen molar-refractivity contribution in [1.29, 1.82) is 0 Å². The van der Waals surface area contributed by atoms with Crippen molar-refractivity contribution in [2.75, 3.05) is 4.72 Å². The minimum atomic E-state index is -4.72. The quantitative estimate of drug-likeness (QED) is 0.820. The summed E-state index contributed by atoms with van der Waals surface area (Å²) in [6.07, 6.45) is -4.72. The summed E-state index contributed by atoms with van der Waals surface area (Å²) in [5.74, 6) is -1.90. The molecule has 0 aliphatic heterocycles. The monoisotopic (exact) mass is 362 g/mol. The Balaban J connectivity index is 2.45. The van der Waals surface area contributed by atoms with Crippen molar-refractivity contribution in [3.63, 3.8) is 0 Å². The maximum absolute atomic E-state index is 12.8. The van der Waals surface area contributed by atoms with Gasteiger partial charge in [-0.1, -0.05) is 0 Å². The van der Waals surface area contributed by atoms with Crippen LogP contribution in [0.5, 0.6) is 0 Å². The third-order valence-electron chi connectivity index (χ3n) is 2.98. The Hall–Kier alpha value is -2.62. The van der Waals surface area contributed by atoms with E-state index in [1.165, 1.54) is 0 Å². The van der Waals surface area contributed by atoms with Gasteiger partial charge in [0.15, 0.2) is 0 Å². The minimum Gasteiger partial charge on any atom is -0.366 e. The van der Waals surface area contributed by atoms with Gasteiger partial charge in [0.2, 0.25) is 0 Å². The zero-order valence-electron chi connectivity index (χ0n) is 11.8. The molecule has 24 heavy (non-hydrogen) atoms. The third-order valence-corrected chi connectivity index (χ3v) is 4.36. The number of sulfonamides is 1. The Morgan fingerprint density at radius 3 is 2.12 bits per heavy atom. The molecule has 0 saturated heterocycles. The van der Waals surface area contributed by atoms with Crippen LogP contribution in [0.4, 0.5) is 23.2 Å². The average molecular weight is 362 g/mol. The lowest BCUT2D eigenvalue weighted by molar-refractivity contribution is -0.137. The second kappa shape index (κ2) is 6.11. The van der Waals surface area contributed by atoms with Gasteiger partial charge >= 0.3 is 6.18 Å². The number of hydrogen-bond donors (Lipinski definition) is 2. The molecule has 5 nitrogen and oxygen atoms in total. The molecule has 0 aliphatic rings. The van der Waals surface area contributed by atoms with Gasteiger partial charge in [0.05, 0.1) is 21.7 Å². The lowest BCUT2D eigenvalue weighted by Crippen LogP contribution is -2.20. The lowest BCUT2D eigenvalue weighted by atomic mass is 10.1. The number of rotatable bonds is 4. The lowest BCUT2D eigenvalue weighted by Gasteiger charge is -2.13. The van der Waals surface area contributed by atoms with E-state index in [0.29, 0.717) is 12.1 Å². The number of alkyl halides is 3. The molecule has 0 unspecified atom stereocenters. The third kappa shape index (κ3) is 3.82. The van der Waals surface area contributed by atoms with E-state index in [0.717, 1.165) is 30.3 Å². The fourth-order valence-electron chi connectivity index (χ4n) is 1.83. The highest BCUT2D eigenvalue weighted by molar-refractivity contribution is 7.92. The molecule has 0 aliphatic carbocycles. The van der Waals surface area contributed by atoms with Crippen LogP contribution in [-0.4, -0.2) is 14.3 Å². The highest BCUT2D eigenvalue weighted by Gasteiger charge is 2.32. The zero-order valence-corrected chi connectivity index (χ0v) is 12.6. The highest BCUT2D eigenvalue weighted by atomic mass is 32.2. The first-order chi connectivity index (χ1) is 11.0. The normalized spacial score (nSPS) is 12.0. The van der Waals surface area contributed by atoms with Crippen molar-refractivity contribution in [1.82, 2.24) is 0 Å². The molecule has 0 fully saturated rings. The van der Waals surface area contributed by atoms with Crippen LogP contribution >= 0.6 is 0 Å². The van der Waals surface area contributed by atoms with E-state index in [4.69, 9.17) is 5.73 Å². The number of benzene rings is 2. The summed E-state index contributed by atoms with van der Waals surface area (Å²) < 4.78 is 77.2. The number of nitrogens with two attached hydrogens (primary N) is 1. The van der Waals surface area contributed by atoms with Gasteiger partial charge in [-0.15, -0.1) is 0 Å². The Morgan fingerprint density at radius 2 is 1.62 bits per heavy atom. The summed E-state index contributed by atoms with van der Waals surface area (Å²) in [7, 11) is -4.24. The molecule has 3 N–H and O–H groups in total. The second-order valence-electron chi connectivity index (χ2n) is 4.68. The van der Waals surface area contributed by atoms with Gasteiger partial charge in [-0.2, -0.15) is 13.2 Å². The van der Waals surface area contributed by atoms with E-state index < -0.39 is 44.7 Å². The fraction of sp³-hybridized carbons (Fsp3) is 0.0714. The van der Waals surface area contributed by atoms with Crippen LogP contribution in [0.1, 0.15) is 15.9 Å². The minimum absolute atomic E-state index is 0.334. The predicted molar refractivity (Wildman–Crippen MR) is 77.2 cm³/mol. The van der Waals surface area contributed by atoms with Crippen molar-refractivity contribution in [2.24, 2.45) is 5.73 Å². The van der Waals surface area contributed by atoms with E-state index in [9.17, 15) is 30.8 Å². The summed E-state index contributed by atoms with van der Waals surface area (Å²) in [4.78, 5) is 11.0. The van der Waals surface area contributed by atoms with Crippen LogP contribution in [0.3, 0.4) is 0 Å². The van der Waals surface area contributed by atoms with E-state index in [1.807, 2.05) is 4.72 Å². The first-order valence-electron chi connectivity index (χ1n) is 6.30. The molecule has 0 radical (unpaired) electrons. The molecule has 0 bridgehead atoms. The van der Waals surface area contributed by atoms with Gasteiger partial charge in [0, 0.05) is 0 Å². The van der Waals surface area contributed by atoms with Gasteiger partial charge in [0.25, 0.3) is 15.9 Å². The molecule has 0 aromatic heterocycles. The van der Waals surface area contributed by atoms with Crippen LogP contribution in [0.25, 0.3) is 0 Å². The Labute approximate surface area is 134 Å². The largest absolute Gasteiger partial charge is 0.416 e. The van der Waals surface area contributed by atoms with Crippen molar-refractivity contribution in [3.05, 3.63) is 59.4 Å². The predicted octanol–water partition coefficient (Wildman–Crippen LogP) is 2.74. The van der Waals surface area contributed by atoms with Gasteiger partial charge in [-0.05, 0) is 42.5 Å². The molecule has 0 spiro atoms. The molecule has 2 aromatic rings. The smallest absolute Gasteiger partial charge is 0.366 e. The first-order valence-corrected chi connectivity index (χ1v) is 7.78. The molecular formula is C14H10F4N2O3S. The van der Waals surface area contributed by atoms with Crippen LogP contribution in [0.15, 0.2) is 47.4 Å². The fourth-order valence-corrected chi connectivity index (χ4v) is 2.91. The Morgan fingerprint density at radius 1 is 1.04 bits per heavy atom. The second-order valence-corrected chi connectivity index (χ2v) is 6.36. The summed E-state index contributed by atoms with van der Waals surface area (Å²) in [6.45, 7) is 0. The molecule has 0 heterocycles. The topological polar surface area (TPSA) is 89.3 Å². The summed E-state index contributed by atoms with van der Waals surface area (Å²) in [6, 6.07) is 5.56. The van der Waals surface area contributed by atoms with Crippen LogP contribution < -0.4 is 10.5 Å². The van der Waals surface area contributed by atoms with Crippen LogP contribution in [0.2, 0.25) is 0 Å². The molecule has 0 saturated carbocycles. The van der Waals surface area contributed by atoms with Crippen LogP contribution in [0, 0.1) is 5.82 Å².